The van der Waals surface area contributed by atoms with Gasteiger partial charge < -0.3 is 0 Å². The van der Waals surface area contributed by atoms with Gasteiger partial charge in [-0.25, -0.2) is 13.1 Å². The minimum Gasteiger partial charge on any atom is -0.274 e. The van der Waals surface area contributed by atoms with Crippen molar-refractivity contribution in [3.63, 3.8) is 0 Å². The Bertz CT molecular complexity index is 1010. The normalized spacial score (nSPS) is 11.7. The number of nitriles is 1. The summed E-state index contributed by atoms with van der Waals surface area (Å²) in [6.45, 7) is 1.94. The second kappa shape index (κ2) is 8.44. The molecule has 148 valence electrons. The summed E-state index contributed by atoms with van der Waals surface area (Å²) >= 11 is 0. The number of carbonyl (C=O) groups excluding carboxylic acids is 1. The van der Waals surface area contributed by atoms with Crippen LogP contribution in [0.15, 0.2) is 47.4 Å². The zero-order valence-corrected chi connectivity index (χ0v) is 15.7. The van der Waals surface area contributed by atoms with Gasteiger partial charge in [-0.3, -0.25) is 4.79 Å². The van der Waals surface area contributed by atoms with Gasteiger partial charge in [0, 0.05) is 6.42 Å². The molecule has 0 aromatic heterocycles. The van der Waals surface area contributed by atoms with Crippen LogP contribution in [0.4, 0.5) is 13.2 Å². The van der Waals surface area contributed by atoms with Crippen LogP contribution in [0.2, 0.25) is 0 Å². The zero-order valence-electron chi connectivity index (χ0n) is 14.9. The summed E-state index contributed by atoms with van der Waals surface area (Å²) in [5, 5.41) is 8.76. The predicted molar refractivity (Wildman–Crippen MR) is 95.6 cm³/mol. The molecule has 2 aromatic carbocycles. The Hall–Kier alpha value is -2.86. The topological polar surface area (TPSA) is 87.0 Å². The van der Waals surface area contributed by atoms with E-state index in [0.29, 0.717) is 18.9 Å². The van der Waals surface area contributed by atoms with Crippen LogP contribution in [0, 0.1) is 18.3 Å². The molecule has 9 heteroatoms. The SMILES string of the molecule is Cc1ccc(CCCC(=O)NS(=O)(=O)c2ccc(C#N)c(C(F)(F)F)c2)cc1. The van der Waals surface area contributed by atoms with Crippen LogP contribution in [0.3, 0.4) is 0 Å². The average molecular weight is 410 g/mol. The Morgan fingerprint density at radius 1 is 1.14 bits per heavy atom. The summed E-state index contributed by atoms with van der Waals surface area (Å²) in [7, 11) is -4.48. The fourth-order valence-electron chi connectivity index (χ4n) is 2.49. The van der Waals surface area contributed by atoms with Crippen molar-refractivity contribution in [2.45, 2.75) is 37.3 Å². The maximum Gasteiger partial charge on any atom is 0.417 e. The van der Waals surface area contributed by atoms with E-state index in [-0.39, 0.29) is 6.42 Å². The molecule has 1 N–H and O–H groups in total. The van der Waals surface area contributed by atoms with Crippen molar-refractivity contribution < 1.29 is 26.4 Å². The third kappa shape index (κ3) is 5.57. The number of amides is 1. The number of nitrogens with one attached hydrogen (secondary N) is 1. The maximum absolute atomic E-state index is 13.0. The molecule has 5 nitrogen and oxygen atoms in total. The van der Waals surface area contributed by atoms with Crippen molar-refractivity contribution in [1.29, 1.82) is 5.26 Å². The van der Waals surface area contributed by atoms with E-state index >= 15 is 0 Å². The summed E-state index contributed by atoms with van der Waals surface area (Å²) in [4.78, 5) is 11.2. The summed E-state index contributed by atoms with van der Waals surface area (Å²) in [6.07, 6.45) is -4.06. The van der Waals surface area contributed by atoms with Gasteiger partial charge in [0.15, 0.2) is 0 Å². The number of hydrogen-bond donors (Lipinski definition) is 1. The zero-order chi connectivity index (χ0) is 20.9. The number of aryl methyl sites for hydroxylation is 2. The molecule has 0 aliphatic carbocycles. The number of benzene rings is 2. The van der Waals surface area contributed by atoms with Gasteiger partial charge in [0.2, 0.25) is 5.91 Å². The largest absolute Gasteiger partial charge is 0.417 e. The lowest BCUT2D eigenvalue weighted by Gasteiger charge is -2.12. The first kappa shape index (κ1) is 21.4. The van der Waals surface area contributed by atoms with E-state index in [1.165, 1.54) is 6.07 Å². The molecule has 0 radical (unpaired) electrons. The van der Waals surface area contributed by atoms with Crippen molar-refractivity contribution in [3.8, 4) is 6.07 Å². The number of carbonyl (C=O) groups is 1. The van der Waals surface area contributed by atoms with Gasteiger partial charge in [0.25, 0.3) is 10.0 Å². The second-order valence-electron chi connectivity index (χ2n) is 6.18. The van der Waals surface area contributed by atoms with Crippen LogP contribution in [0.1, 0.15) is 35.1 Å². The third-order valence-corrected chi connectivity index (χ3v) is 5.34. The lowest BCUT2D eigenvalue weighted by atomic mass is 10.1. The van der Waals surface area contributed by atoms with Gasteiger partial charge >= 0.3 is 6.18 Å². The Kier molecular flexibility index (Phi) is 6.46. The number of alkyl halides is 3. The van der Waals surface area contributed by atoms with Crippen LogP contribution in [0.25, 0.3) is 0 Å². The van der Waals surface area contributed by atoms with Gasteiger partial charge in [-0.05, 0) is 43.5 Å². The van der Waals surface area contributed by atoms with Gasteiger partial charge in [-0.1, -0.05) is 29.8 Å². The van der Waals surface area contributed by atoms with Gasteiger partial charge in [-0.2, -0.15) is 18.4 Å². The molecule has 0 spiro atoms. The molecule has 2 rings (SSSR count). The highest BCUT2D eigenvalue weighted by Crippen LogP contribution is 2.33. The maximum atomic E-state index is 13.0. The predicted octanol–water partition coefficient (Wildman–Crippen LogP) is 3.71. The molecular weight excluding hydrogens is 393 g/mol. The highest BCUT2D eigenvalue weighted by Gasteiger charge is 2.35. The van der Waals surface area contributed by atoms with Crippen LogP contribution >= 0.6 is 0 Å². The fraction of sp³-hybridized carbons (Fsp3) is 0.263. The molecule has 0 saturated carbocycles. The molecule has 0 unspecified atom stereocenters. The minimum absolute atomic E-state index is 0.102. The van der Waals surface area contributed by atoms with Crippen molar-refractivity contribution in [1.82, 2.24) is 4.72 Å². The smallest absolute Gasteiger partial charge is 0.274 e. The standard InChI is InChI=1S/C19H17F3N2O3S/c1-13-5-7-14(8-6-13)3-2-4-18(25)24-28(26,27)16-10-9-15(12-23)17(11-16)19(20,21)22/h5-11H,2-4H2,1H3,(H,24,25). The van der Waals surface area contributed by atoms with Gasteiger partial charge in [-0.15, -0.1) is 0 Å². The monoisotopic (exact) mass is 410 g/mol. The highest BCUT2D eigenvalue weighted by atomic mass is 32.2. The Balaban J connectivity index is 2.05. The van der Waals surface area contributed by atoms with Crippen LogP contribution in [0.5, 0.6) is 0 Å². The molecule has 2 aromatic rings. The fourth-order valence-corrected chi connectivity index (χ4v) is 3.53. The van der Waals surface area contributed by atoms with E-state index < -0.39 is 38.1 Å². The Morgan fingerprint density at radius 3 is 2.36 bits per heavy atom. The van der Waals surface area contributed by atoms with Crippen molar-refractivity contribution >= 4 is 15.9 Å². The van der Waals surface area contributed by atoms with E-state index in [1.54, 1.807) is 4.72 Å². The van der Waals surface area contributed by atoms with Crippen LogP contribution in [-0.4, -0.2) is 14.3 Å². The van der Waals surface area contributed by atoms with Crippen molar-refractivity contribution in [3.05, 3.63) is 64.7 Å². The summed E-state index contributed by atoms with van der Waals surface area (Å²) in [5.41, 5.74) is 0.0111. The number of sulfonamides is 1. The number of nitrogens with zero attached hydrogens (tertiary/aromatic N) is 1. The van der Waals surface area contributed by atoms with Gasteiger partial charge in [0.05, 0.1) is 22.1 Å². The van der Waals surface area contributed by atoms with Crippen LogP contribution < -0.4 is 4.72 Å². The minimum atomic E-state index is -4.89. The van der Waals surface area contributed by atoms with E-state index in [0.717, 1.165) is 23.3 Å². The first-order valence-electron chi connectivity index (χ1n) is 8.25. The number of rotatable bonds is 6. The summed E-state index contributed by atoms with van der Waals surface area (Å²) < 4.78 is 65.1. The van der Waals surface area contributed by atoms with Crippen LogP contribution in [-0.2, 0) is 27.4 Å². The first-order chi connectivity index (χ1) is 13.0. The van der Waals surface area contributed by atoms with E-state index in [2.05, 4.69) is 0 Å². The molecule has 0 fully saturated rings. The highest BCUT2D eigenvalue weighted by molar-refractivity contribution is 7.90. The van der Waals surface area contributed by atoms with E-state index in [4.69, 9.17) is 5.26 Å². The lowest BCUT2D eigenvalue weighted by molar-refractivity contribution is -0.137. The van der Waals surface area contributed by atoms with E-state index in [9.17, 15) is 26.4 Å². The molecular formula is C19H17F3N2O3S. The average Bonchev–Trinajstić information content (AvgIpc) is 2.61. The Morgan fingerprint density at radius 2 is 1.79 bits per heavy atom. The lowest BCUT2D eigenvalue weighted by Crippen LogP contribution is -2.30. The van der Waals surface area contributed by atoms with Gasteiger partial charge in [0.1, 0.15) is 0 Å². The molecule has 1 amide bonds. The summed E-state index contributed by atoms with van der Waals surface area (Å²) in [6, 6.07) is 11.0. The number of halogens is 3. The molecule has 0 atom stereocenters. The third-order valence-electron chi connectivity index (χ3n) is 3.97. The molecule has 28 heavy (non-hydrogen) atoms. The van der Waals surface area contributed by atoms with Crippen molar-refractivity contribution in [2.75, 3.05) is 0 Å². The first-order valence-corrected chi connectivity index (χ1v) is 9.74. The quantitative estimate of drug-likeness (QED) is 0.786. The van der Waals surface area contributed by atoms with E-state index in [1.807, 2.05) is 31.2 Å². The summed E-state index contributed by atoms with van der Waals surface area (Å²) in [5.74, 6) is -0.815. The molecule has 0 saturated heterocycles. The number of hydrogen-bond acceptors (Lipinski definition) is 4. The Labute approximate surface area is 160 Å². The molecule has 0 aliphatic heterocycles. The molecule has 0 heterocycles. The molecule has 0 aliphatic rings. The molecule has 0 bridgehead atoms. The van der Waals surface area contributed by atoms with Crippen molar-refractivity contribution in [2.24, 2.45) is 0 Å². The second-order valence-corrected chi connectivity index (χ2v) is 7.87.